The van der Waals surface area contributed by atoms with Crippen molar-refractivity contribution in [2.45, 2.75) is 58.4 Å². The van der Waals surface area contributed by atoms with Crippen LogP contribution in [-0.2, 0) is 4.79 Å². The first-order valence-electron chi connectivity index (χ1n) is 7.78. The van der Waals surface area contributed by atoms with Crippen molar-refractivity contribution in [3.05, 3.63) is 0 Å². The zero-order chi connectivity index (χ0) is 13.0. The van der Waals surface area contributed by atoms with Crippen LogP contribution < -0.4 is 0 Å². The van der Waals surface area contributed by atoms with Gasteiger partial charge in [0.25, 0.3) is 0 Å². The number of nitrogens with zero attached hydrogens (tertiary/aromatic N) is 2. The number of carbonyl (C=O) groups is 1. The zero-order valence-electron chi connectivity index (χ0n) is 12.0. The molecule has 0 bridgehead atoms. The third-order valence-corrected chi connectivity index (χ3v) is 4.81. The third-order valence-electron chi connectivity index (χ3n) is 4.81. The van der Waals surface area contributed by atoms with Gasteiger partial charge >= 0.3 is 0 Å². The maximum absolute atomic E-state index is 12.2. The first-order valence-corrected chi connectivity index (χ1v) is 7.78. The number of hydrogen-bond acceptors (Lipinski definition) is 2. The number of likely N-dealkylation sites (tertiary alicyclic amines) is 1. The monoisotopic (exact) mass is 252 g/mol. The average Bonchev–Trinajstić information content (AvgIpc) is 2.40. The maximum atomic E-state index is 12.2. The second kappa shape index (κ2) is 6.55. The maximum Gasteiger partial charge on any atom is 0.236 e. The van der Waals surface area contributed by atoms with Gasteiger partial charge in [-0.2, -0.15) is 0 Å². The van der Waals surface area contributed by atoms with E-state index >= 15 is 0 Å². The van der Waals surface area contributed by atoms with Crippen LogP contribution >= 0.6 is 0 Å². The van der Waals surface area contributed by atoms with Crippen LogP contribution in [0.3, 0.4) is 0 Å². The van der Waals surface area contributed by atoms with Gasteiger partial charge in [-0.25, -0.2) is 0 Å². The zero-order valence-corrected chi connectivity index (χ0v) is 12.0. The van der Waals surface area contributed by atoms with Crippen molar-refractivity contribution < 1.29 is 4.79 Å². The van der Waals surface area contributed by atoms with E-state index in [1.165, 1.54) is 38.5 Å². The Kier molecular flexibility index (Phi) is 5.04. The first-order chi connectivity index (χ1) is 8.76. The van der Waals surface area contributed by atoms with E-state index in [9.17, 15) is 4.79 Å². The standard InChI is InChI=1S/C15H28N2O/c1-3-16(4-2)15(18)12-17-11-7-9-13-8-5-6-10-14(13)17/h13-14H,3-12H2,1-2H3. The molecule has 3 heteroatoms. The van der Waals surface area contributed by atoms with E-state index < -0.39 is 0 Å². The summed E-state index contributed by atoms with van der Waals surface area (Å²) in [5.74, 6) is 1.20. The van der Waals surface area contributed by atoms with Gasteiger partial charge in [-0.05, 0) is 52.0 Å². The number of hydrogen-bond donors (Lipinski definition) is 0. The van der Waals surface area contributed by atoms with Crippen LogP contribution in [0.5, 0.6) is 0 Å². The molecule has 2 atom stereocenters. The van der Waals surface area contributed by atoms with Crippen LogP contribution in [0.25, 0.3) is 0 Å². The van der Waals surface area contributed by atoms with Gasteiger partial charge in [0.1, 0.15) is 0 Å². The molecule has 2 fully saturated rings. The topological polar surface area (TPSA) is 23.6 Å². The highest BCUT2D eigenvalue weighted by atomic mass is 16.2. The molecule has 0 radical (unpaired) electrons. The van der Waals surface area contributed by atoms with E-state index in [2.05, 4.69) is 18.7 Å². The Labute approximate surface area is 112 Å². The van der Waals surface area contributed by atoms with Crippen molar-refractivity contribution in [3.8, 4) is 0 Å². The normalized spacial score (nSPS) is 28.8. The molecule has 1 heterocycles. The third kappa shape index (κ3) is 3.05. The summed E-state index contributed by atoms with van der Waals surface area (Å²) in [6, 6.07) is 0.701. The first kappa shape index (κ1) is 13.9. The van der Waals surface area contributed by atoms with E-state index in [4.69, 9.17) is 0 Å². The lowest BCUT2D eigenvalue weighted by atomic mass is 9.78. The molecule has 0 aromatic carbocycles. The Morgan fingerprint density at radius 3 is 2.50 bits per heavy atom. The molecule has 0 spiro atoms. The summed E-state index contributed by atoms with van der Waals surface area (Å²) in [4.78, 5) is 16.7. The van der Waals surface area contributed by atoms with E-state index in [1.807, 2.05) is 4.90 Å². The number of amides is 1. The highest BCUT2D eigenvalue weighted by molar-refractivity contribution is 5.78. The van der Waals surface area contributed by atoms with Crippen molar-refractivity contribution in [2.24, 2.45) is 5.92 Å². The summed E-state index contributed by atoms with van der Waals surface area (Å²) in [7, 11) is 0. The van der Waals surface area contributed by atoms with Gasteiger partial charge in [-0.3, -0.25) is 9.69 Å². The molecule has 1 saturated heterocycles. The number of likely N-dealkylation sites (N-methyl/N-ethyl adjacent to an activating group) is 1. The molecule has 1 aliphatic heterocycles. The number of piperidine rings is 1. The summed E-state index contributed by atoms with van der Waals surface area (Å²) in [5, 5.41) is 0. The number of carbonyl (C=O) groups excluding carboxylic acids is 1. The fourth-order valence-electron chi connectivity index (χ4n) is 3.77. The Morgan fingerprint density at radius 1 is 1.11 bits per heavy atom. The van der Waals surface area contributed by atoms with Crippen LogP contribution in [-0.4, -0.2) is 47.9 Å². The highest BCUT2D eigenvalue weighted by Crippen LogP contribution is 2.35. The summed E-state index contributed by atoms with van der Waals surface area (Å²) in [5.41, 5.74) is 0. The fraction of sp³-hybridized carbons (Fsp3) is 0.933. The molecular formula is C15H28N2O. The lowest BCUT2D eigenvalue weighted by Crippen LogP contribution is -2.51. The van der Waals surface area contributed by atoms with Gasteiger partial charge in [0.05, 0.1) is 6.54 Å². The fourth-order valence-corrected chi connectivity index (χ4v) is 3.77. The van der Waals surface area contributed by atoms with E-state index in [-0.39, 0.29) is 0 Å². The van der Waals surface area contributed by atoms with Crippen molar-refractivity contribution in [3.63, 3.8) is 0 Å². The van der Waals surface area contributed by atoms with Gasteiger partial charge in [0.2, 0.25) is 5.91 Å². The summed E-state index contributed by atoms with van der Waals surface area (Å²) >= 11 is 0. The summed E-state index contributed by atoms with van der Waals surface area (Å²) in [6.07, 6.45) is 8.14. The molecule has 2 rings (SSSR count). The molecule has 0 N–H and O–H groups in total. The van der Waals surface area contributed by atoms with Crippen molar-refractivity contribution in [2.75, 3.05) is 26.2 Å². The molecule has 2 unspecified atom stereocenters. The molecule has 104 valence electrons. The molecule has 3 nitrogen and oxygen atoms in total. The van der Waals surface area contributed by atoms with Crippen molar-refractivity contribution in [1.29, 1.82) is 0 Å². The predicted molar refractivity (Wildman–Crippen MR) is 74.5 cm³/mol. The summed E-state index contributed by atoms with van der Waals surface area (Å²) in [6.45, 7) is 7.62. The Balaban J connectivity index is 1.92. The molecular weight excluding hydrogens is 224 g/mol. The average molecular weight is 252 g/mol. The van der Waals surface area contributed by atoms with Crippen molar-refractivity contribution >= 4 is 5.91 Å². The molecule has 18 heavy (non-hydrogen) atoms. The van der Waals surface area contributed by atoms with Gasteiger partial charge in [0, 0.05) is 19.1 Å². The van der Waals surface area contributed by atoms with Crippen LogP contribution in [0.15, 0.2) is 0 Å². The smallest absolute Gasteiger partial charge is 0.236 e. The molecule has 2 aliphatic rings. The van der Waals surface area contributed by atoms with Crippen molar-refractivity contribution in [1.82, 2.24) is 9.80 Å². The van der Waals surface area contributed by atoms with E-state index in [0.29, 0.717) is 18.5 Å². The largest absolute Gasteiger partial charge is 0.342 e. The van der Waals surface area contributed by atoms with Crippen LogP contribution in [0.2, 0.25) is 0 Å². The molecule has 0 aromatic heterocycles. The lowest BCUT2D eigenvalue weighted by molar-refractivity contribution is -0.133. The molecule has 0 aromatic rings. The molecule has 1 amide bonds. The van der Waals surface area contributed by atoms with Gasteiger partial charge < -0.3 is 4.90 Å². The van der Waals surface area contributed by atoms with Crippen LogP contribution in [0, 0.1) is 5.92 Å². The van der Waals surface area contributed by atoms with Gasteiger partial charge in [-0.15, -0.1) is 0 Å². The minimum atomic E-state index is 0.325. The van der Waals surface area contributed by atoms with Crippen LogP contribution in [0.1, 0.15) is 52.4 Å². The van der Waals surface area contributed by atoms with Gasteiger partial charge in [0.15, 0.2) is 0 Å². The molecule has 1 saturated carbocycles. The SMILES string of the molecule is CCN(CC)C(=O)CN1CCCC2CCCCC21. The summed E-state index contributed by atoms with van der Waals surface area (Å²) < 4.78 is 0. The van der Waals surface area contributed by atoms with Crippen LogP contribution in [0.4, 0.5) is 0 Å². The lowest BCUT2D eigenvalue weighted by Gasteiger charge is -2.44. The Hall–Kier alpha value is -0.570. The number of rotatable bonds is 4. The number of fused-ring (bicyclic) bond motifs is 1. The predicted octanol–water partition coefficient (Wildman–Crippen LogP) is 2.51. The quantitative estimate of drug-likeness (QED) is 0.767. The Morgan fingerprint density at radius 2 is 1.78 bits per heavy atom. The second-order valence-corrected chi connectivity index (χ2v) is 5.79. The minimum Gasteiger partial charge on any atom is -0.342 e. The minimum absolute atomic E-state index is 0.325. The van der Waals surface area contributed by atoms with Gasteiger partial charge in [-0.1, -0.05) is 12.8 Å². The van der Waals surface area contributed by atoms with E-state index in [0.717, 1.165) is 25.6 Å². The highest BCUT2D eigenvalue weighted by Gasteiger charge is 2.34. The Bertz CT molecular complexity index is 274. The molecule has 1 aliphatic carbocycles. The second-order valence-electron chi connectivity index (χ2n) is 5.79. The van der Waals surface area contributed by atoms with E-state index in [1.54, 1.807) is 0 Å².